The number of hydrogen-bond donors (Lipinski definition) is 0. The summed E-state index contributed by atoms with van der Waals surface area (Å²) in [7, 11) is 0. The first-order valence-electron chi connectivity index (χ1n) is 5.97. The van der Waals surface area contributed by atoms with E-state index in [1.54, 1.807) is 0 Å². The molecular formula is C12H20N2. The van der Waals surface area contributed by atoms with Crippen LogP contribution in [0.2, 0.25) is 0 Å². The zero-order valence-electron chi connectivity index (χ0n) is 9.08. The molecule has 2 aliphatic carbocycles. The first kappa shape index (κ1) is 9.98. The summed E-state index contributed by atoms with van der Waals surface area (Å²) in [5.74, 6) is 0.961. The SMILES string of the molecule is CCC(CC#N)N(CC1CC1)C1CC1. The maximum Gasteiger partial charge on any atom is 0.0638 e. The first-order valence-corrected chi connectivity index (χ1v) is 5.97. The fourth-order valence-corrected chi connectivity index (χ4v) is 2.20. The Morgan fingerprint density at radius 3 is 2.50 bits per heavy atom. The fourth-order valence-electron chi connectivity index (χ4n) is 2.20. The van der Waals surface area contributed by atoms with Gasteiger partial charge in [-0.15, -0.1) is 0 Å². The molecule has 2 rings (SSSR count). The molecule has 0 heterocycles. The molecule has 2 heteroatoms. The van der Waals surface area contributed by atoms with Gasteiger partial charge in [0, 0.05) is 18.6 Å². The van der Waals surface area contributed by atoms with Crippen LogP contribution in [-0.2, 0) is 0 Å². The van der Waals surface area contributed by atoms with Crippen LogP contribution >= 0.6 is 0 Å². The molecular weight excluding hydrogens is 172 g/mol. The van der Waals surface area contributed by atoms with Crippen molar-refractivity contribution in [2.24, 2.45) is 5.92 Å². The molecule has 2 nitrogen and oxygen atoms in total. The second-order valence-electron chi connectivity index (χ2n) is 4.80. The molecule has 0 aromatic carbocycles. The van der Waals surface area contributed by atoms with Crippen molar-refractivity contribution in [2.45, 2.75) is 57.5 Å². The lowest BCUT2D eigenvalue weighted by Crippen LogP contribution is -2.38. The van der Waals surface area contributed by atoms with Gasteiger partial charge in [0.25, 0.3) is 0 Å². The van der Waals surface area contributed by atoms with E-state index in [0.29, 0.717) is 6.04 Å². The van der Waals surface area contributed by atoms with E-state index in [9.17, 15) is 0 Å². The lowest BCUT2D eigenvalue weighted by Gasteiger charge is -2.29. The molecule has 0 N–H and O–H groups in total. The smallest absolute Gasteiger partial charge is 0.0638 e. The summed E-state index contributed by atoms with van der Waals surface area (Å²) in [6, 6.07) is 3.70. The van der Waals surface area contributed by atoms with E-state index in [1.165, 1.54) is 32.2 Å². The Balaban J connectivity index is 1.88. The number of nitriles is 1. The summed E-state index contributed by atoms with van der Waals surface area (Å²) < 4.78 is 0. The molecule has 78 valence electrons. The molecule has 14 heavy (non-hydrogen) atoms. The van der Waals surface area contributed by atoms with E-state index >= 15 is 0 Å². The molecule has 2 aliphatic rings. The molecule has 0 amide bonds. The summed E-state index contributed by atoms with van der Waals surface area (Å²) >= 11 is 0. The summed E-state index contributed by atoms with van der Waals surface area (Å²) in [5, 5.41) is 8.79. The summed E-state index contributed by atoms with van der Waals surface area (Å²) in [6.07, 6.45) is 7.44. The van der Waals surface area contributed by atoms with Crippen molar-refractivity contribution in [3.63, 3.8) is 0 Å². The Hall–Kier alpha value is -0.550. The predicted molar refractivity (Wildman–Crippen MR) is 56.8 cm³/mol. The number of rotatable bonds is 6. The zero-order chi connectivity index (χ0) is 9.97. The number of nitrogens with zero attached hydrogens (tertiary/aromatic N) is 2. The molecule has 0 aliphatic heterocycles. The van der Waals surface area contributed by atoms with Crippen LogP contribution in [0.3, 0.4) is 0 Å². The van der Waals surface area contributed by atoms with Crippen LogP contribution in [-0.4, -0.2) is 23.5 Å². The van der Waals surface area contributed by atoms with Crippen LogP contribution in [0.15, 0.2) is 0 Å². The quantitative estimate of drug-likeness (QED) is 0.646. The van der Waals surface area contributed by atoms with Crippen molar-refractivity contribution in [2.75, 3.05) is 6.54 Å². The highest BCUT2D eigenvalue weighted by atomic mass is 15.2. The average molecular weight is 192 g/mol. The van der Waals surface area contributed by atoms with E-state index in [-0.39, 0.29) is 0 Å². The maximum atomic E-state index is 8.79. The predicted octanol–water partition coefficient (Wildman–Crippen LogP) is 2.55. The third kappa shape index (κ3) is 2.48. The van der Waals surface area contributed by atoms with Crippen LogP contribution in [0.5, 0.6) is 0 Å². The molecule has 0 aromatic rings. The van der Waals surface area contributed by atoms with E-state index in [1.807, 2.05) is 0 Å². The van der Waals surface area contributed by atoms with Gasteiger partial charge in [0.2, 0.25) is 0 Å². The highest BCUT2D eigenvalue weighted by molar-refractivity contribution is 4.94. The largest absolute Gasteiger partial charge is 0.296 e. The van der Waals surface area contributed by atoms with E-state index in [4.69, 9.17) is 5.26 Å². The summed E-state index contributed by atoms with van der Waals surface area (Å²) in [4.78, 5) is 2.63. The molecule has 0 spiro atoms. The van der Waals surface area contributed by atoms with Gasteiger partial charge in [-0.25, -0.2) is 0 Å². The molecule has 0 aromatic heterocycles. The van der Waals surface area contributed by atoms with Gasteiger partial charge >= 0.3 is 0 Å². The van der Waals surface area contributed by atoms with Gasteiger partial charge < -0.3 is 0 Å². The van der Waals surface area contributed by atoms with Gasteiger partial charge in [0.15, 0.2) is 0 Å². The van der Waals surface area contributed by atoms with E-state index in [0.717, 1.165) is 24.8 Å². The Bertz CT molecular complexity index is 223. The minimum absolute atomic E-state index is 0.535. The van der Waals surface area contributed by atoms with Gasteiger partial charge in [-0.3, -0.25) is 4.90 Å². The van der Waals surface area contributed by atoms with Gasteiger partial charge in [-0.2, -0.15) is 5.26 Å². The molecule has 1 atom stereocenters. The highest BCUT2D eigenvalue weighted by Gasteiger charge is 2.36. The second-order valence-corrected chi connectivity index (χ2v) is 4.80. The van der Waals surface area contributed by atoms with Crippen molar-refractivity contribution in [1.29, 1.82) is 5.26 Å². The molecule has 2 saturated carbocycles. The highest BCUT2D eigenvalue weighted by Crippen LogP contribution is 2.36. The summed E-state index contributed by atoms with van der Waals surface area (Å²) in [5.41, 5.74) is 0. The van der Waals surface area contributed by atoms with Crippen LogP contribution in [0.1, 0.15) is 45.4 Å². The van der Waals surface area contributed by atoms with Crippen LogP contribution < -0.4 is 0 Å². The average Bonchev–Trinajstić information content (AvgIpc) is 3.03. The van der Waals surface area contributed by atoms with Crippen LogP contribution in [0.25, 0.3) is 0 Å². The standard InChI is InChI=1S/C12H20N2/c1-2-11(7-8-13)14(12-5-6-12)9-10-3-4-10/h10-12H,2-7,9H2,1H3. The van der Waals surface area contributed by atoms with Crippen molar-refractivity contribution >= 4 is 0 Å². The van der Waals surface area contributed by atoms with Gasteiger partial charge in [0.1, 0.15) is 0 Å². The zero-order valence-corrected chi connectivity index (χ0v) is 9.08. The minimum Gasteiger partial charge on any atom is -0.296 e. The minimum atomic E-state index is 0.535. The van der Waals surface area contributed by atoms with E-state index < -0.39 is 0 Å². The monoisotopic (exact) mass is 192 g/mol. The molecule has 1 unspecified atom stereocenters. The molecule has 0 bridgehead atoms. The Labute approximate surface area is 86.9 Å². The summed E-state index contributed by atoms with van der Waals surface area (Å²) in [6.45, 7) is 3.48. The van der Waals surface area contributed by atoms with Crippen LogP contribution in [0.4, 0.5) is 0 Å². The molecule has 2 fully saturated rings. The van der Waals surface area contributed by atoms with Crippen molar-refractivity contribution in [3.8, 4) is 6.07 Å². The fraction of sp³-hybridized carbons (Fsp3) is 0.917. The van der Waals surface area contributed by atoms with Gasteiger partial charge in [-0.1, -0.05) is 6.92 Å². The normalized spacial score (nSPS) is 23.5. The third-order valence-corrected chi connectivity index (χ3v) is 3.45. The first-order chi connectivity index (χ1) is 6.85. The Morgan fingerprint density at radius 2 is 2.07 bits per heavy atom. The van der Waals surface area contributed by atoms with E-state index in [2.05, 4.69) is 17.9 Å². The van der Waals surface area contributed by atoms with Gasteiger partial charge in [-0.05, 0) is 38.0 Å². The topological polar surface area (TPSA) is 27.0 Å². The molecule has 0 saturated heterocycles. The van der Waals surface area contributed by atoms with Crippen molar-refractivity contribution in [1.82, 2.24) is 4.90 Å². The number of hydrogen-bond acceptors (Lipinski definition) is 2. The van der Waals surface area contributed by atoms with Gasteiger partial charge in [0.05, 0.1) is 12.5 Å². The van der Waals surface area contributed by atoms with Crippen molar-refractivity contribution < 1.29 is 0 Å². The third-order valence-electron chi connectivity index (χ3n) is 3.45. The lowest BCUT2D eigenvalue weighted by molar-refractivity contribution is 0.175. The van der Waals surface area contributed by atoms with Crippen molar-refractivity contribution in [3.05, 3.63) is 0 Å². The maximum absolute atomic E-state index is 8.79. The second kappa shape index (κ2) is 4.31. The Kier molecular flexibility index (Phi) is 3.08. The van der Waals surface area contributed by atoms with Crippen LogP contribution in [0, 0.1) is 17.2 Å². The lowest BCUT2D eigenvalue weighted by atomic mass is 10.1. The molecule has 0 radical (unpaired) electrons. The Morgan fingerprint density at radius 1 is 1.36 bits per heavy atom.